The minimum atomic E-state index is 1.23. The van der Waals surface area contributed by atoms with E-state index >= 15 is 0 Å². The zero-order valence-corrected chi connectivity index (χ0v) is 28.5. The van der Waals surface area contributed by atoms with E-state index in [9.17, 15) is 0 Å². The van der Waals surface area contributed by atoms with Gasteiger partial charge in [0.15, 0.2) is 0 Å². The smallest absolute Gasteiger partial charge is 0.000740 e. The van der Waals surface area contributed by atoms with E-state index in [1.165, 1.54) is 109 Å². The molecule has 0 bridgehead atoms. The van der Waals surface area contributed by atoms with E-state index in [1.54, 1.807) is 0 Å². The molecular weight excluding hydrogens is 625 g/mol. The van der Waals surface area contributed by atoms with Crippen LogP contribution in [0.25, 0.3) is 109 Å². The van der Waals surface area contributed by atoms with Crippen molar-refractivity contribution in [3.8, 4) is 44.5 Å². The van der Waals surface area contributed by atoms with Crippen LogP contribution in [0.15, 0.2) is 194 Å². The fourth-order valence-electron chi connectivity index (χ4n) is 9.15. The van der Waals surface area contributed by atoms with Crippen LogP contribution in [0.2, 0.25) is 0 Å². The molecule has 0 radical (unpaired) electrons. The molecule has 11 rings (SSSR count). The molecule has 11 aromatic carbocycles. The lowest BCUT2D eigenvalue weighted by molar-refractivity contribution is 1.61. The summed E-state index contributed by atoms with van der Waals surface area (Å²) in [7, 11) is 0. The Kier molecular flexibility index (Phi) is 6.35. The largest absolute Gasteiger partial charge is 0.0622 e. The summed E-state index contributed by atoms with van der Waals surface area (Å²) in [5, 5.41) is 15.7. The van der Waals surface area contributed by atoms with Gasteiger partial charge in [-0.05, 0) is 109 Å². The van der Waals surface area contributed by atoms with Crippen molar-refractivity contribution in [2.45, 2.75) is 0 Å². The van der Waals surface area contributed by atoms with Gasteiger partial charge in [0.1, 0.15) is 0 Å². The standard InChI is InChI=1S/C52H32/c1-3-17-33(18-4-1)35-21-7-9-23-37(35)47-39-25-11-13-27-43(39)51-49-41(29-15-31-45(47)49)42-30-16-32-46-48(40-26-12-14-28-44(40)52(51)50(42)46)38-24-10-8-22-36(38)34-19-5-2-6-20-34/h1-32H. The number of fused-ring (bicyclic) bond motifs is 6. The van der Waals surface area contributed by atoms with Gasteiger partial charge in [0.2, 0.25) is 0 Å². The van der Waals surface area contributed by atoms with Gasteiger partial charge in [-0.15, -0.1) is 0 Å². The Balaban J connectivity index is 1.36. The predicted octanol–water partition coefficient (Wildman–Crippen LogP) is 14.7. The average Bonchev–Trinajstić information content (AvgIpc) is 3.22. The van der Waals surface area contributed by atoms with Crippen molar-refractivity contribution in [1.82, 2.24) is 0 Å². The number of hydrogen-bond acceptors (Lipinski definition) is 0. The van der Waals surface area contributed by atoms with Crippen LogP contribution in [0.5, 0.6) is 0 Å². The molecule has 0 aliphatic heterocycles. The maximum absolute atomic E-state index is 2.35. The van der Waals surface area contributed by atoms with Crippen LogP contribution in [0, 0.1) is 0 Å². The van der Waals surface area contributed by atoms with E-state index in [2.05, 4.69) is 194 Å². The van der Waals surface area contributed by atoms with Gasteiger partial charge in [-0.25, -0.2) is 0 Å². The van der Waals surface area contributed by atoms with Gasteiger partial charge >= 0.3 is 0 Å². The van der Waals surface area contributed by atoms with Crippen LogP contribution in [-0.2, 0) is 0 Å². The summed E-state index contributed by atoms with van der Waals surface area (Å²) in [6, 6.07) is 71.6. The highest BCUT2D eigenvalue weighted by Gasteiger charge is 2.24. The SMILES string of the molecule is c1ccc(-c2ccccc2-c2c3ccccc3c3c4c2cccc4c2cccc4c(-c5ccccc5-c5ccccc5)c5ccccc5c3c42)cc1. The van der Waals surface area contributed by atoms with Gasteiger partial charge in [-0.1, -0.05) is 194 Å². The first-order valence-corrected chi connectivity index (χ1v) is 18.1. The van der Waals surface area contributed by atoms with Crippen LogP contribution in [0.1, 0.15) is 0 Å². The van der Waals surface area contributed by atoms with Crippen molar-refractivity contribution < 1.29 is 0 Å². The molecule has 0 aliphatic rings. The van der Waals surface area contributed by atoms with E-state index in [0.29, 0.717) is 0 Å². The van der Waals surface area contributed by atoms with Crippen molar-refractivity contribution >= 4 is 64.6 Å². The third-order valence-corrected chi connectivity index (χ3v) is 11.2. The Hall–Kier alpha value is -6.76. The Bertz CT molecular complexity index is 2940. The van der Waals surface area contributed by atoms with Crippen molar-refractivity contribution in [1.29, 1.82) is 0 Å². The van der Waals surface area contributed by atoms with Crippen LogP contribution < -0.4 is 0 Å². The van der Waals surface area contributed by atoms with Crippen molar-refractivity contribution in [3.63, 3.8) is 0 Å². The monoisotopic (exact) mass is 656 g/mol. The summed E-state index contributed by atoms with van der Waals surface area (Å²) in [6.45, 7) is 0. The van der Waals surface area contributed by atoms with Gasteiger partial charge in [0, 0.05) is 0 Å². The summed E-state index contributed by atoms with van der Waals surface area (Å²) in [5.41, 5.74) is 10.1. The molecule has 0 heteroatoms. The molecule has 0 amide bonds. The van der Waals surface area contributed by atoms with E-state index < -0.39 is 0 Å². The van der Waals surface area contributed by atoms with Crippen LogP contribution >= 0.6 is 0 Å². The quantitative estimate of drug-likeness (QED) is 0.131. The minimum absolute atomic E-state index is 1.23. The number of rotatable bonds is 4. The molecule has 0 spiro atoms. The molecule has 0 fully saturated rings. The highest BCUT2D eigenvalue weighted by Crippen LogP contribution is 2.53. The Labute approximate surface area is 302 Å². The maximum atomic E-state index is 2.35. The second-order valence-electron chi connectivity index (χ2n) is 13.9. The van der Waals surface area contributed by atoms with Crippen molar-refractivity contribution in [2.75, 3.05) is 0 Å². The van der Waals surface area contributed by atoms with Crippen LogP contribution in [-0.4, -0.2) is 0 Å². The fourth-order valence-corrected chi connectivity index (χ4v) is 9.15. The molecule has 0 atom stereocenters. The lowest BCUT2D eigenvalue weighted by Crippen LogP contribution is -1.96. The minimum Gasteiger partial charge on any atom is -0.0622 e. The third kappa shape index (κ3) is 4.10. The second-order valence-corrected chi connectivity index (χ2v) is 13.9. The number of benzene rings is 11. The summed E-state index contributed by atoms with van der Waals surface area (Å²) in [5.74, 6) is 0. The van der Waals surface area contributed by atoms with Crippen LogP contribution in [0.3, 0.4) is 0 Å². The van der Waals surface area contributed by atoms with E-state index in [0.717, 1.165) is 0 Å². The van der Waals surface area contributed by atoms with Crippen molar-refractivity contribution in [2.24, 2.45) is 0 Å². The Morgan fingerprint density at radius 2 is 0.462 bits per heavy atom. The first-order valence-electron chi connectivity index (χ1n) is 18.1. The first kappa shape index (κ1) is 29.0. The molecule has 0 unspecified atom stereocenters. The molecule has 11 aromatic rings. The van der Waals surface area contributed by atoms with Gasteiger partial charge in [0.25, 0.3) is 0 Å². The predicted molar refractivity (Wildman–Crippen MR) is 224 cm³/mol. The van der Waals surface area contributed by atoms with E-state index in [-0.39, 0.29) is 0 Å². The van der Waals surface area contributed by atoms with Gasteiger partial charge in [-0.3, -0.25) is 0 Å². The number of hydrogen-bond donors (Lipinski definition) is 0. The van der Waals surface area contributed by atoms with E-state index in [1.807, 2.05) is 0 Å². The Morgan fingerprint density at radius 1 is 0.173 bits per heavy atom. The molecule has 0 saturated carbocycles. The maximum Gasteiger partial charge on any atom is -0.000740 e. The summed E-state index contributed by atoms with van der Waals surface area (Å²) in [4.78, 5) is 0. The lowest BCUT2D eigenvalue weighted by Gasteiger charge is -2.24. The highest BCUT2D eigenvalue weighted by atomic mass is 14.3. The second kappa shape index (κ2) is 11.4. The molecule has 52 heavy (non-hydrogen) atoms. The molecule has 0 saturated heterocycles. The van der Waals surface area contributed by atoms with Gasteiger partial charge in [-0.2, -0.15) is 0 Å². The third-order valence-electron chi connectivity index (χ3n) is 11.2. The molecule has 0 heterocycles. The van der Waals surface area contributed by atoms with Gasteiger partial charge < -0.3 is 0 Å². The van der Waals surface area contributed by atoms with Gasteiger partial charge in [0.05, 0.1) is 0 Å². The van der Waals surface area contributed by atoms with Crippen LogP contribution in [0.4, 0.5) is 0 Å². The fraction of sp³-hybridized carbons (Fsp3) is 0. The topological polar surface area (TPSA) is 0 Å². The summed E-state index contributed by atoms with van der Waals surface area (Å²) < 4.78 is 0. The molecular formula is C52H32. The zero-order valence-electron chi connectivity index (χ0n) is 28.5. The average molecular weight is 657 g/mol. The molecule has 0 N–H and O–H groups in total. The van der Waals surface area contributed by atoms with E-state index in [4.69, 9.17) is 0 Å². The first-order chi connectivity index (χ1) is 25.9. The normalized spacial score (nSPS) is 11.8. The summed E-state index contributed by atoms with van der Waals surface area (Å²) >= 11 is 0. The molecule has 240 valence electrons. The molecule has 0 aliphatic carbocycles. The zero-order chi connectivity index (χ0) is 34.2. The Morgan fingerprint density at radius 3 is 0.885 bits per heavy atom. The lowest BCUT2D eigenvalue weighted by atomic mass is 9.79. The highest BCUT2D eigenvalue weighted by molar-refractivity contribution is 6.45. The summed E-state index contributed by atoms with van der Waals surface area (Å²) in [6.07, 6.45) is 0. The molecule has 0 nitrogen and oxygen atoms in total. The molecule has 0 aromatic heterocycles. The van der Waals surface area contributed by atoms with Crippen molar-refractivity contribution in [3.05, 3.63) is 194 Å².